The van der Waals surface area contributed by atoms with Crippen LogP contribution in [-0.2, 0) is 9.13 Å². The van der Waals surface area contributed by atoms with Crippen LogP contribution in [0.2, 0.25) is 0 Å². The zero-order chi connectivity index (χ0) is 24.9. The highest BCUT2D eigenvalue weighted by atomic mass is 31.2. The molecule has 3 heterocycles. The lowest BCUT2D eigenvalue weighted by molar-refractivity contribution is 0.289. The largest absolute Gasteiger partial charge is 0.360 e. The van der Waals surface area contributed by atoms with Gasteiger partial charge >= 0.3 is 0 Å². The smallest absolute Gasteiger partial charge is 0.223 e. The maximum atomic E-state index is 13.2. The van der Waals surface area contributed by atoms with Gasteiger partial charge in [0, 0.05) is 41.5 Å². The SMILES string of the molecule is CC1(C)CC[C@H](Nc2ncc(P(C)(C)=O)c(-c3c[nH]c4c(P(C)(C)=O)c(C#N)ccc34)n2)CN1. The summed E-state index contributed by atoms with van der Waals surface area (Å²) in [5.41, 5.74) is 2.50. The van der Waals surface area contributed by atoms with Gasteiger partial charge in [0.05, 0.1) is 33.5 Å². The van der Waals surface area contributed by atoms with E-state index in [1.807, 2.05) is 6.07 Å². The molecule has 0 saturated carbocycles. The van der Waals surface area contributed by atoms with Crippen molar-refractivity contribution in [2.75, 3.05) is 38.5 Å². The molecule has 0 bridgehead atoms. The Morgan fingerprint density at radius 1 is 1.18 bits per heavy atom. The molecule has 1 saturated heterocycles. The van der Waals surface area contributed by atoms with E-state index < -0.39 is 14.3 Å². The number of nitrogens with one attached hydrogen (secondary N) is 3. The van der Waals surface area contributed by atoms with Crippen molar-refractivity contribution in [3.8, 4) is 17.3 Å². The van der Waals surface area contributed by atoms with Gasteiger partial charge in [-0.1, -0.05) is 6.07 Å². The van der Waals surface area contributed by atoms with E-state index in [0.717, 1.165) is 30.3 Å². The van der Waals surface area contributed by atoms with E-state index in [-0.39, 0.29) is 11.6 Å². The van der Waals surface area contributed by atoms with Gasteiger partial charge in [0.25, 0.3) is 0 Å². The summed E-state index contributed by atoms with van der Waals surface area (Å²) in [6, 6.07) is 5.89. The first-order chi connectivity index (χ1) is 15.8. The standard InChI is InChI=1S/C24H32N6O2P2/c1-24(2)10-9-16(12-28-24)29-23-27-14-19(33(3,4)31)20(30-23)18-13-26-21-17(18)8-7-15(11-25)22(21)34(5,6)32/h7-8,13-14,16,26,28H,9-10,12H2,1-6H3,(H,27,29,30)/t16-/m0/s1. The molecule has 0 radical (unpaired) electrons. The highest BCUT2D eigenvalue weighted by Crippen LogP contribution is 2.43. The Morgan fingerprint density at radius 2 is 1.91 bits per heavy atom. The molecule has 2 aromatic heterocycles. The Kier molecular flexibility index (Phi) is 6.27. The molecule has 3 N–H and O–H groups in total. The maximum Gasteiger partial charge on any atom is 0.223 e. The molecule has 3 aromatic rings. The molecule has 1 aliphatic heterocycles. The van der Waals surface area contributed by atoms with Gasteiger partial charge in [0.15, 0.2) is 0 Å². The van der Waals surface area contributed by atoms with Crippen LogP contribution in [0.4, 0.5) is 5.95 Å². The summed E-state index contributed by atoms with van der Waals surface area (Å²) in [5.74, 6) is 0.485. The van der Waals surface area contributed by atoms with Crippen molar-refractivity contribution in [3.63, 3.8) is 0 Å². The van der Waals surface area contributed by atoms with Gasteiger partial charge in [-0.25, -0.2) is 9.97 Å². The van der Waals surface area contributed by atoms with E-state index in [0.29, 0.717) is 33.3 Å². The lowest BCUT2D eigenvalue weighted by Gasteiger charge is -2.36. The van der Waals surface area contributed by atoms with Crippen LogP contribution in [-0.4, -0.2) is 59.7 Å². The van der Waals surface area contributed by atoms with E-state index >= 15 is 0 Å². The Hall–Kier alpha value is -2.45. The van der Waals surface area contributed by atoms with Crippen LogP contribution < -0.4 is 21.2 Å². The number of aromatic nitrogens is 3. The summed E-state index contributed by atoms with van der Waals surface area (Å²) < 4.78 is 26.2. The van der Waals surface area contributed by atoms with E-state index in [4.69, 9.17) is 4.98 Å². The van der Waals surface area contributed by atoms with Gasteiger partial charge in [0.2, 0.25) is 5.95 Å². The van der Waals surface area contributed by atoms with Crippen molar-refractivity contribution in [1.29, 1.82) is 5.26 Å². The van der Waals surface area contributed by atoms with Crippen LogP contribution in [0.15, 0.2) is 24.5 Å². The number of aromatic amines is 1. The van der Waals surface area contributed by atoms with Crippen molar-refractivity contribution < 1.29 is 9.13 Å². The minimum atomic E-state index is -2.75. The highest BCUT2D eigenvalue weighted by Gasteiger charge is 2.28. The third kappa shape index (κ3) is 4.84. The second-order valence-corrected chi connectivity index (χ2v) is 16.8. The summed E-state index contributed by atoms with van der Waals surface area (Å²) >= 11 is 0. The molecule has 10 heteroatoms. The van der Waals surface area contributed by atoms with Crippen LogP contribution in [0.1, 0.15) is 32.3 Å². The number of rotatable bonds is 5. The lowest BCUT2D eigenvalue weighted by atomic mass is 9.91. The van der Waals surface area contributed by atoms with Crippen LogP contribution in [0, 0.1) is 11.3 Å². The normalized spacial score (nSPS) is 18.6. The number of piperidine rings is 1. The summed E-state index contributed by atoms with van der Waals surface area (Å²) in [7, 11) is -5.45. The number of fused-ring (bicyclic) bond motifs is 1. The monoisotopic (exact) mass is 498 g/mol. The van der Waals surface area contributed by atoms with Gasteiger partial charge < -0.3 is 24.7 Å². The predicted octanol–water partition coefficient (Wildman–Crippen LogP) is 3.94. The van der Waals surface area contributed by atoms with Crippen molar-refractivity contribution in [2.24, 2.45) is 0 Å². The maximum absolute atomic E-state index is 13.2. The number of hydrogen-bond donors (Lipinski definition) is 3. The number of H-pyrrole nitrogens is 1. The van der Waals surface area contributed by atoms with Crippen LogP contribution in [0.3, 0.4) is 0 Å². The van der Waals surface area contributed by atoms with Gasteiger partial charge in [0.1, 0.15) is 14.3 Å². The number of anilines is 1. The zero-order valence-corrected chi connectivity index (χ0v) is 22.3. The second-order valence-electron chi connectivity index (χ2n) is 10.5. The minimum absolute atomic E-state index is 0.118. The van der Waals surface area contributed by atoms with Crippen molar-refractivity contribution in [2.45, 2.75) is 38.3 Å². The first kappa shape index (κ1) is 24.7. The van der Waals surface area contributed by atoms with Gasteiger partial charge in [-0.2, -0.15) is 5.26 Å². The molecule has 0 spiro atoms. The number of hydrogen-bond acceptors (Lipinski definition) is 7. The first-order valence-corrected chi connectivity index (χ1v) is 16.5. The fourth-order valence-electron chi connectivity index (χ4n) is 4.50. The summed E-state index contributed by atoms with van der Waals surface area (Å²) in [6.45, 7) is 11.9. The number of benzene rings is 1. The Bertz CT molecular complexity index is 1380. The fraction of sp³-hybridized carbons (Fsp3) is 0.458. The first-order valence-electron chi connectivity index (χ1n) is 11.3. The average molecular weight is 499 g/mol. The topological polar surface area (TPSA) is 124 Å². The van der Waals surface area contributed by atoms with Crippen LogP contribution >= 0.6 is 14.3 Å². The molecule has 1 aliphatic rings. The molecule has 1 aromatic carbocycles. The Balaban J connectivity index is 1.83. The summed E-state index contributed by atoms with van der Waals surface area (Å²) in [4.78, 5) is 12.5. The molecule has 0 amide bonds. The van der Waals surface area contributed by atoms with E-state index in [1.165, 1.54) is 0 Å². The summed E-state index contributed by atoms with van der Waals surface area (Å²) in [6.07, 6.45) is 5.48. The van der Waals surface area contributed by atoms with Crippen molar-refractivity contribution in [3.05, 3.63) is 30.1 Å². The summed E-state index contributed by atoms with van der Waals surface area (Å²) in [5, 5.41) is 18.5. The highest BCUT2D eigenvalue weighted by molar-refractivity contribution is 7.71. The van der Waals surface area contributed by atoms with Gasteiger partial charge in [-0.15, -0.1) is 0 Å². The molecule has 180 valence electrons. The van der Waals surface area contributed by atoms with Gasteiger partial charge in [-0.05, 0) is 59.4 Å². The second kappa shape index (κ2) is 8.64. The average Bonchev–Trinajstić information content (AvgIpc) is 3.16. The molecule has 8 nitrogen and oxygen atoms in total. The zero-order valence-electron chi connectivity index (χ0n) is 20.6. The van der Waals surface area contributed by atoms with Crippen LogP contribution in [0.25, 0.3) is 22.2 Å². The molecular formula is C24H32N6O2P2. The lowest BCUT2D eigenvalue weighted by Crippen LogP contribution is -2.50. The molecule has 1 fully saturated rings. The molecule has 4 rings (SSSR count). The van der Waals surface area contributed by atoms with Crippen molar-refractivity contribution >= 4 is 41.7 Å². The molecule has 1 atom stereocenters. The number of nitrogens with zero attached hydrogens (tertiary/aromatic N) is 3. The molecule has 0 aliphatic carbocycles. The molecular weight excluding hydrogens is 466 g/mol. The molecule has 34 heavy (non-hydrogen) atoms. The number of nitriles is 1. The van der Waals surface area contributed by atoms with Crippen LogP contribution in [0.5, 0.6) is 0 Å². The third-order valence-corrected chi connectivity index (χ3v) is 9.40. The fourth-order valence-corrected chi connectivity index (χ4v) is 6.94. The van der Waals surface area contributed by atoms with Gasteiger partial charge in [-0.3, -0.25) is 0 Å². The predicted molar refractivity (Wildman–Crippen MR) is 141 cm³/mol. The van der Waals surface area contributed by atoms with E-state index in [2.05, 4.69) is 40.5 Å². The Morgan fingerprint density at radius 3 is 2.50 bits per heavy atom. The quantitative estimate of drug-likeness (QED) is 0.456. The Labute approximate surface area is 200 Å². The van der Waals surface area contributed by atoms with E-state index in [9.17, 15) is 14.4 Å². The third-order valence-electron chi connectivity index (χ3n) is 6.37. The minimum Gasteiger partial charge on any atom is -0.360 e. The molecule has 0 unspecified atom stereocenters. The van der Waals surface area contributed by atoms with Crippen molar-refractivity contribution in [1.82, 2.24) is 20.3 Å². The van der Waals surface area contributed by atoms with E-state index in [1.54, 1.807) is 45.1 Å².